The summed E-state index contributed by atoms with van der Waals surface area (Å²) in [5, 5.41) is 13.7. The van der Waals surface area contributed by atoms with Gasteiger partial charge in [0.1, 0.15) is 17.5 Å². The van der Waals surface area contributed by atoms with E-state index in [1.165, 1.54) is 0 Å². The molecule has 10 heteroatoms. The van der Waals surface area contributed by atoms with E-state index in [0.29, 0.717) is 29.6 Å². The Kier molecular flexibility index (Phi) is 6.18. The molecule has 0 saturated carbocycles. The molecule has 0 aliphatic carbocycles. The quantitative estimate of drug-likeness (QED) is 0.478. The maximum absolute atomic E-state index is 10.9. The van der Waals surface area contributed by atoms with Crippen molar-refractivity contribution in [3.8, 4) is 6.07 Å². The highest BCUT2D eigenvalue weighted by molar-refractivity contribution is 5.94. The number of carbonyl (C=O) groups is 1. The fourth-order valence-electron chi connectivity index (χ4n) is 4.74. The van der Waals surface area contributed by atoms with E-state index in [1.54, 1.807) is 11.1 Å². The Morgan fingerprint density at radius 3 is 2.47 bits per heavy atom. The van der Waals surface area contributed by atoms with Crippen LogP contribution in [0.5, 0.6) is 0 Å². The molecular weight excluding hydrogens is 430 g/mol. The van der Waals surface area contributed by atoms with E-state index in [2.05, 4.69) is 43.3 Å². The van der Waals surface area contributed by atoms with Crippen LogP contribution in [0.15, 0.2) is 30.5 Å². The standard InChI is InChI=1S/C24H29N9O/c25-13-17-5-7-33(8-6-17)23-21-18(14-26)15-27-22(21)29-24(30-23)28-19-1-3-20(4-2-19)32-11-9-31(16-34)10-12-32/h1-4,15-17H,5-13,25H2,(H2,27,28,29,30). The lowest BCUT2D eigenvalue weighted by Gasteiger charge is -2.34. The summed E-state index contributed by atoms with van der Waals surface area (Å²) in [6.07, 6.45) is 4.64. The number of nitrogens with zero attached hydrogens (tertiary/aromatic N) is 6. The number of benzene rings is 1. The monoisotopic (exact) mass is 459 g/mol. The highest BCUT2D eigenvalue weighted by atomic mass is 16.1. The van der Waals surface area contributed by atoms with Crippen molar-refractivity contribution in [2.24, 2.45) is 11.7 Å². The van der Waals surface area contributed by atoms with Crippen LogP contribution in [0.3, 0.4) is 0 Å². The van der Waals surface area contributed by atoms with Gasteiger partial charge in [0.05, 0.1) is 10.9 Å². The average molecular weight is 460 g/mol. The van der Waals surface area contributed by atoms with Gasteiger partial charge in [-0.1, -0.05) is 0 Å². The third-order valence-electron chi connectivity index (χ3n) is 6.83. The van der Waals surface area contributed by atoms with Gasteiger partial charge < -0.3 is 30.7 Å². The summed E-state index contributed by atoms with van der Waals surface area (Å²) in [5.74, 6) is 1.81. The Bertz CT molecular complexity index is 1180. The fraction of sp³-hybridized carbons (Fsp3) is 0.417. The van der Waals surface area contributed by atoms with E-state index < -0.39 is 0 Å². The van der Waals surface area contributed by atoms with Crippen molar-refractivity contribution < 1.29 is 4.79 Å². The van der Waals surface area contributed by atoms with Gasteiger partial charge in [-0.2, -0.15) is 15.2 Å². The van der Waals surface area contributed by atoms with Crippen LogP contribution in [0, 0.1) is 17.2 Å². The van der Waals surface area contributed by atoms with Gasteiger partial charge in [0.15, 0.2) is 0 Å². The van der Waals surface area contributed by atoms with Gasteiger partial charge in [-0.15, -0.1) is 0 Å². The summed E-state index contributed by atoms with van der Waals surface area (Å²) in [7, 11) is 0. The van der Waals surface area contributed by atoms with Gasteiger partial charge >= 0.3 is 0 Å². The van der Waals surface area contributed by atoms with Crippen LogP contribution < -0.4 is 20.9 Å². The van der Waals surface area contributed by atoms with E-state index in [4.69, 9.17) is 10.7 Å². The summed E-state index contributed by atoms with van der Waals surface area (Å²) in [6.45, 7) is 5.54. The molecule has 1 amide bonds. The van der Waals surface area contributed by atoms with Gasteiger partial charge in [-0.25, -0.2) is 0 Å². The van der Waals surface area contributed by atoms with Crippen molar-refractivity contribution in [3.63, 3.8) is 0 Å². The fourth-order valence-corrected chi connectivity index (χ4v) is 4.74. The molecule has 4 N–H and O–H groups in total. The first-order valence-corrected chi connectivity index (χ1v) is 11.7. The molecule has 3 aromatic rings. The first kappa shape index (κ1) is 22.0. The molecule has 176 valence electrons. The normalized spacial score (nSPS) is 17.1. The molecule has 2 aromatic heterocycles. The molecule has 4 heterocycles. The predicted molar refractivity (Wildman–Crippen MR) is 132 cm³/mol. The minimum absolute atomic E-state index is 0.488. The number of aromatic nitrogens is 3. The predicted octanol–water partition coefficient (Wildman–Crippen LogP) is 2.03. The minimum Gasteiger partial charge on any atom is -0.368 e. The highest BCUT2D eigenvalue weighted by Crippen LogP contribution is 2.32. The molecule has 2 fully saturated rings. The number of nitriles is 1. The zero-order chi connectivity index (χ0) is 23.5. The van der Waals surface area contributed by atoms with Crippen LogP contribution in [-0.4, -0.2) is 72.1 Å². The number of nitrogens with two attached hydrogens (primary N) is 1. The molecule has 1 aromatic carbocycles. The largest absolute Gasteiger partial charge is 0.368 e. The van der Waals surface area contributed by atoms with Crippen LogP contribution >= 0.6 is 0 Å². The number of hydrogen-bond acceptors (Lipinski definition) is 8. The second-order valence-corrected chi connectivity index (χ2v) is 8.88. The van der Waals surface area contributed by atoms with Crippen LogP contribution in [0.25, 0.3) is 11.0 Å². The number of anilines is 4. The molecule has 34 heavy (non-hydrogen) atoms. The summed E-state index contributed by atoms with van der Waals surface area (Å²) >= 11 is 0. The molecule has 0 atom stereocenters. The van der Waals surface area contributed by atoms with Crippen LogP contribution in [-0.2, 0) is 4.79 Å². The number of H-pyrrole nitrogens is 1. The first-order chi connectivity index (χ1) is 16.7. The Hall–Kier alpha value is -3.84. The number of piperidine rings is 1. The zero-order valence-electron chi connectivity index (χ0n) is 19.1. The molecule has 0 unspecified atom stereocenters. The number of nitrogens with one attached hydrogen (secondary N) is 2. The molecule has 5 rings (SSSR count). The molecule has 2 saturated heterocycles. The molecule has 0 radical (unpaired) electrons. The van der Waals surface area contributed by atoms with Crippen molar-refractivity contribution in [3.05, 3.63) is 36.0 Å². The Morgan fingerprint density at radius 2 is 1.82 bits per heavy atom. The minimum atomic E-state index is 0.488. The number of amides is 1. The number of aromatic amines is 1. The lowest BCUT2D eigenvalue weighted by atomic mass is 9.97. The van der Waals surface area contributed by atoms with Gasteiger partial charge in [0.2, 0.25) is 12.4 Å². The molecule has 2 aliphatic heterocycles. The third-order valence-corrected chi connectivity index (χ3v) is 6.83. The van der Waals surface area contributed by atoms with Crippen LogP contribution in [0.1, 0.15) is 18.4 Å². The smallest absolute Gasteiger partial charge is 0.231 e. The summed E-state index contributed by atoms with van der Waals surface area (Å²) < 4.78 is 0. The van der Waals surface area contributed by atoms with Gasteiger partial charge in [0.25, 0.3) is 0 Å². The SMILES string of the molecule is N#Cc1c[nH]c2nc(Nc3ccc(N4CCN(C=O)CC4)cc3)nc(N3CCC(CN)CC3)c12. The van der Waals surface area contributed by atoms with E-state index in [0.717, 1.165) is 81.1 Å². The summed E-state index contributed by atoms with van der Waals surface area (Å²) in [6, 6.07) is 10.4. The van der Waals surface area contributed by atoms with Crippen LogP contribution in [0.2, 0.25) is 0 Å². The number of carbonyl (C=O) groups excluding carboxylic acids is 1. The van der Waals surface area contributed by atoms with E-state index >= 15 is 0 Å². The molecule has 0 bridgehead atoms. The highest BCUT2D eigenvalue weighted by Gasteiger charge is 2.24. The summed E-state index contributed by atoms with van der Waals surface area (Å²) in [5.41, 5.74) is 9.07. The van der Waals surface area contributed by atoms with Crippen molar-refractivity contribution >= 4 is 40.6 Å². The third kappa shape index (κ3) is 4.34. The zero-order valence-corrected chi connectivity index (χ0v) is 19.1. The second-order valence-electron chi connectivity index (χ2n) is 8.88. The van der Waals surface area contributed by atoms with Gasteiger partial charge in [-0.05, 0) is 49.6 Å². The maximum Gasteiger partial charge on any atom is 0.231 e. The number of rotatable bonds is 6. The topological polar surface area (TPSA) is 130 Å². The molecular formula is C24H29N9O. The Labute approximate surface area is 198 Å². The number of piperazine rings is 1. The van der Waals surface area contributed by atoms with Crippen molar-refractivity contribution in [1.82, 2.24) is 19.9 Å². The van der Waals surface area contributed by atoms with E-state index in [9.17, 15) is 10.1 Å². The average Bonchev–Trinajstić information content (AvgIpc) is 3.32. The first-order valence-electron chi connectivity index (χ1n) is 11.7. The molecule has 10 nitrogen and oxygen atoms in total. The maximum atomic E-state index is 10.9. The lowest BCUT2D eigenvalue weighted by Crippen LogP contribution is -2.45. The van der Waals surface area contributed by atoms with Crippen molar-refractivity contribution in [2.75, 3.05) is 60.9 Å². The van der Waals surface area contributed by atoms with Crippen molar-refractivity contribution in [1.29, 1.82) is 5.26 Å². The second kappa shape index (κ2) is 9.57. The van der Waals surface area contributed by atoms with E-state index in [-0.39, 0.29) is 0 Å². The van der Waals surface area contributed by atoms with Crippen molar-refractivity contribution in [2.45, 2.75) is 12.8 Å². The summed E-state index contributed by atoms with van der Waals surface area (Å²) in [4.78, 5) is 29.8. The van der Waals surface area contributed by atoms with E-state index in [1.807, 2.05) is 12.1 Å². The number of fused-ring (bicyclic) bond motifs is 1. The van der Waals surface area contributed by atoms with Gasteiger partial charge in [-0.3, -0.25) is 4.79 Å². The number of hydrogen-bond donors (Lipinski definition) is 3. The Morgan fingerprint density at radius 1 is 1.09 bits per heavy atom. The Balaban J connectivity index is 1.37. The molecule has 2 aliphatic rings. The molecule has 0 spiro atoms. The van der Waals surface area contributed by atoms with Crippen LogP contribution in [0.4, 0.5) is 23.1 Å². The lowest BCUT2D eigenvalue weighted by molar-refractivity contribution is -0.118. The van der Waals surface area contributed by atoms with Gasteiger partial charge in [0, 0.05) is 56.8 Å².